The molecule has 0 heterocycles. The Hall–Kier alpha value is -1.74. The van der Waals surface area contributed by atoms with E-state index in [9.17, 15) is 8.78 Å². The smallest absolute Gasteiger partial charge is 0.130 e. The van der Waals surface area contributed by atoms with E-state index in [4.69, 9.17) is 0 Å². The summed E-state index contributed by atoms with van der Waals surface area (Å²) in [4.78, 5) is 0. The largest absolute Gasteiger partial charge is 0.305 e. The molecule has 0 aliphatic rings. The van der Waals surface area contributed by atoms with Gasteiger partial charge in [0.15, 0.2) is 0 Å². The van der Waals surface area contributed by atoms with Crippen LogP contribution in [0, 0.1) is 17.0 Å². The fraction of sp³-hybridized carbons (Fsp3) is 0.333. The fourth-order valence-electron chi connectivity index (χ4n) is 2.45. The minimum atomic E-state index is -0.549. The lowest BCUT2D eigenvalue weighted by atomic mass is 9.82. The summed E-state index contributed by atoms with van der Waals surface area (Å²) < 4.78 is 26.7. The molecule has 2 aromatic carbocycles. The van der Waals surface area contributed by atoms with Crippen LogP contribution in [0.3, 0.4) is 0 Å². The predicted molar refractivity (Wildman–Crippen MR) is 81.8 cm³/mol. The van der Waals surface area contributed by atoms with Gasteiger partial charge in [-0.15, -0.1) is 0 Å². The molecular weight excluding hydrogens is 268 g/mol. The SMILES string of the molecule is CC(C)(C)C(NCc1ccc(F)cc1F)c1ccccc1. The van der Waals surface area contributed by atoms with Crippen LogP contribution in [-0.2, 0) is 6.54 Å². The van der Waals surface area contributed by atoms with Crippen LogP contribution in [0.15, 0.2) is 48.5 Å². The minimum absolute atomic E-state index is 0.0160. The normalized spacial score (nSPS) is 13.2. The van der Waals surface area contributed by atoms with E-state index >= 15 is 0 Å². The zero-order valence-corrected chi connectivity index (χ0v) is 12.7. The molecule has 21 heavy (non-hydrogen) atoms. The molecule has 1 unspecified atom stereocenters. The molecule has 0 fully saturated rings. The third kappa shape index (κ3) is 4.11. The van der Waals surface area contributed by atoms with E-state index < -0.39 is 11.6 Å². The molecule has 0 aliphatic carbocycles. The molecule has 0 aromatic heterocycles. The standard InChI is InChI=1S/C18H21F2N/c1-18(2,3)17(13-7-5-4-6-8-13)21-12-14-9-10-15(19)11-16(14)20/h4-11,17,21H,12H2,1-3H3. The second-order valence-electron chi connectivity index (χ2n) is 6.33. The molecule has 0 bridgehead atoms. The summed E-state index contributed by atoms with van der Waals surface area (Å²) in [5, 5.41) is 3.39. The fourth-order valence-corrected chi connectivity index (χ4v) is 2.45. The third-order valence-electron chi connectivity index (χ3n) is 3.51. The van der Waals surface area contributed by atoms with E-state index in [1.807, 2.05) is 18.2 Å². The van der Waals surface area contributed by atoms with Crippen LogP contribution in [0.2, 0.25) is 0 Å². The molecule has 0 spiro atoms. The van der Waals surface area contributed by atoms with Gasteiger partial charge in [0.05, 0.1) is 0 Å². The monoisotopic (exact) mass is 289 g/mol. The highest BCUT2D eigenvalue weighted by molar-refractivity contribution is 5.22. The van der Waals surface area contributed by atoms with Crippen LogP contribution in [-0.4, -0.2) is 0 Å². The van der Waals surface area contributed by atoms with Gasteiger partial charge >= 0.3 is 0 Å². The number of hydrogen-bond donors (Lipinski definition) is 1. The summed E-state index contributed by atoms with van der Waals surface area (Å²) in [6.07, 6.45) is 0. The van der Waals surface area contributed by atoms with Crippen LogP contribution in [0.1, 0.15) is 37.9 Å². The van der Waals surface area contributed by atoms with Crippen molar-refractivity contribution in [1.29, 1.82) is 0 Å². The zero-order valence-electron chi connectivity index (χ0n) is 12.7. The lowest BCUT2D eigenvalue weighted by molar-refractivity contribution is 0.270. The quantitative estimate of drug-likeness (QED) is 0.849. The Bertz CT molecular complexity index is 588. The average Bonchev–Trinajstić information content (AvgIpc) is 2.41. The molecule has 1 N–H and O–H groups in total. The first-order valence-electron chi connectivity index (χ1n) is 7.10. The molecular formula is C18H21F2N. The summed E-state index contributed by atoms with van der Waals surface area (Å²) in [6.45, 7) is 6.78. The van der Waals surface area contributed by atoms with Crippen molar-refractivity contribution in [1.82, 2.24) is 5.32 Å². The van der Waals surface area contributed by atoms with Crippen molar-refractivity contribution >= 4 is 0 Å². The first-order chi connectivity index (χ1) is 9.88. The van der Waals surface area contributed by atoms with Crippen molar-refractivity contribution in [3.05, 3.63) is 71.3 Å². The highest BCUT2D eigenvalue weighted by Crippen LogP contribution is 2.32. The molecule has 0 aliphatic heterocycles. The Balaban J connectivity index is 2.17. The van der Waals surface area contributed by atoms with Crippen molar-refractivity contribution in [3.8, 4) is 0 Å². The van der Waals surface area contributed by atoms with Crippen molar-refractivity contribution in [2.24, 2.45) is 5.41 Å². The van der Waals surface area contributed by atoms with Gasteiger partial charge in [0.2, 0.25) is 0 Å². The molecule has 0 amide bonds. The summed E-state index contributed by atoms with van der Waals surface area (Å²) in [7, 11) is 0. The Morgan fingerprint density at radius 2 is 1.67 bits per heavy atom. The number of nitrogens with one attached hydrogen (secondary N) is 1. The molecule has 1 nitrogen and oxygen atoms in total. The van der Waals surface area contributed by atoms with Crippen LogP contribution < -0.4 is 5.32 Å². The van der Waals surface area contributed by atoms with E-state index in [2.05, 4.69) is 38.2 Å². The van der Waals surface area contributed by atoms with E-state index in [-0.39, 0.29) is 11.5 Å². The topological polar surface area (TPSA) is 12.0 Å². The summed E-state index contributed by atoms with van der Waals surface area (Å²) in [6, 6.07) is 13.9. The molecule has 0 saturated heterocycles. The maximum atomic E-state index is 13.7. The van der Waals surface area contributed by atoms with Crippen molar-refractivity contribution in [2.45, 2.75) is 33.4 Å². The summed E-state index contributed by atoms with van der Waals surface area (Å²) >= 11 is 0. The Morgan fingerprint density at radius 1 is 1.00 bits per heavy atom. The number of halogens is 2. The third-order valence-corrected chi connectivity index (χ3v) is 3.51. The lowest BCUT2D eigenvalue weighted by Gasteiger charge is -2.32. The van der Waals surface area contributed by atoms with Crippen LogP contribution in [0.4, 0.5) is 8.78 Å². The van der Waals surface area contributed by atoms with E-state index in [0.29, 0.717) is 12.1 Å². The maximum Gasteiger partial charge on any atom is 0.130 e. The van der Waals surface area contributed by atoms with E-state index in [1.54, 1.807) is 0 Å². The maximum absolute atomic E-state index is 13.7. The zero-order chi connectivity index (χ0) is 15.5. The highest BCUT2D eigenvalue weighted by Gasteiger charge is 2.25. The van der Waals surface area contributed by atoms with Crippen LogP contribution in [0.25, 0.3) is 0 Å². The van der Waals surface area contributed by atoms with Gasteiger partial charge in [-0.05, 0) is 17.0 Å². The van der Waals surface area contributed by atoms with Gasteiger partial charge in [-0.3, -0.25) is 0 Å². The molecule has 3 heteroatoms. The van der Waals surface area contributed by atoms with E-state index in [1.165, 1.54) is 12.1 Å². The summed E-state index contributed by atoms with van der Waals surface area (Å²) in [5.74, 6) is -1.06. The molecule has 112 valence electrons. The second-order valence-corrected chi connectivity index (χ2v) is 6.33. The first kappa shape index (κ1) is 15.6. The molecule has 1 atom stereocenters. The Kier molecular flexibility index (Phi) is 4.73. The van der Waals surface area contributed by atoms with Crippen LogP contribution in [0.5, 0.6) is 0 Å². The Morgan fingerprint density at radius 3 is 2.24 bits per heavy atom. The molecule has 0 radical (unpaired) electrons. The van der Waals surface area contributed by atoms with Gasteiger partial charge < -0.3 is 5.32 Å². The number of rotatable bonds is 4. The highest BCUT2D eigenvalue weighted by atomic mass is 19.1. The van der Waals surface area contributed by atoms with Gasteiger partial charge in [0.25, 0.3) is 0 Å². The van der Waals surface area contributed by atoms with E-state index in [0.717, 1.165) is 11.6 Å². The summed E-state index contributed by atoms with van der Waals surface area (Å²) in [5.41, 5.74) is 1.62. The number of benzene rings is 2. The number of hydrogen-bond acceptors (Lipinski definition) is 1. The minimum Gasteiger partial charge on any atom is -0.305 e. The lowest BCUT2D eigenvalue weighted by Crippen LogP contribution is -2.32. The molecule has 2 rings (SSSR count). The van der Waals surface area contributed by atoms with Gasteiger partial charge in [-0.1, -0.05) is 57.2 Å². The average molecular weight is 289 g/mol. The van der Waals surface area contributed by atoms with Gasteiger partial charge in [-0.25, -0.2) is 8.78 Å². The van der Waals surface area contributed by atoms with Gasteiger partial charge in [0.1, 0.15) is 11.6 Å². The van der Waals surface area contributed by atoms with Crippen LogP contribution >= 0.6 is 0 Å². The predicted octanol–water partition coefficient (Wildman–Crippen LogP) is 4.84. The Labute approximate surface area is 125 Å². The molecule has 0 saturated carbocycles. The van der Waals surface area contributed by atoms with Crippen molar-refractivity contribution in [2.75, 3.05) is 0 Å². The second kappa shape index (κ2) is 6.35. The van der Waals surface area contributed by atoms with Gasteiger partial charge in [0, 0.05) is 24.2 Å². The first-order valence-corrected chi connectivity index (χ1v) is 7.10. The van der Waals surface area contributed by atoms with Crippen molar-refractivity contribution in [3.63, 3.8) is 0 Å². The molecule has 2 aromatic rings. The van der Waals surface area contributed by atoms with Gasteiger partial charge in [-0.2, -0.15) is 0 Å². The van der Waals surface area contributed by atoms with Crippen molar-refractivity contribution < 1.29 is 8.78 Å².